The zero-order valence-corrected chi connectivity index (χ0v) is 54.4. The normalized spacial score (nSPS) is 14.1. The minimum atomic E-state index is -4.58. The van der Waals surface area contributed by atoms with E-state index in [2.05, 4.69) is 92.1 Å². The molecule has 0 spiro atoms. The van der Waals surface area contributed by atoms with Crippen LogP contribution in [-0.2, 0) is 18.4 Å². The zero-order chi connectivity index (χ0) is 58.4. The molecular formula is C71H133N2O6P. The molecule has 0 aromatic rings. The van der Waals surface area contributed by atoms with Gasteiger partial charge in [-0.1, -0.05) is 324 Å². The van der Waals surface area contributed by atoms with Crippen molar-refractivity contribution in [2.75, 3.05) is 40.9 Å². The third-order valence-electron chi connectivity index (χ3n) is 15.5. The van der Waals surface area contributed by atoms with Crippen molar-refractivity contribution >= 4 is 13.7 Å². The molecule has 0 fully saturated rings. The number of nitrogens with one attached hydrogen (secondary N) is 1. The molecule has 2 N–H and O–H groups in total. The third-order valence-corrected chi connectivity index (χ3v) is 16.4. The number of nitrogens with zero attached hydrogens (tertiary/aromatic N) is 1. The summed E-state index contributed by atoms with van der Waals surface area (Å²) < 4.78 is 23.5. The number of aliphatic hydroxyl groups excluding tert-OH is 1. The van der Waals surface area contributed by atoms with Crippen LogP contribution in [0.15, 0.2) is 72.9 Å². The summed E-state index contributed by atoms with van der Waals surface area (Å²) in [6.07, 6.45) is 85.5. The Hall–Kier alpha value is -2.06. The van der Waals surface area contributed by atoms with Gasteiger partial charge in [0.05, 0.1) is 39.9 Å². The van der Waals surface area contributed by atoms with E-state index in [1.54, 1.807) is 0 Å². The van der Waals surface area contributed by atoms with Crippen LogP contribution in [-0.4, -0.2) is 68.5 Å². The van der Waals surface area contributed by atoms with Crippen LogP contribution in [0.2, 0.25) is 0 Å². The van der Waals surface area contributed by atoms with Gasteiger partial charge < -0.3 is 28.8 Å². The molecule has 0 aromatic carbocycles. The van der Waals surface area contributed by atoms with Crippen molar-refractivity contribution in [2.45, 2.75) is 334 Å². The number of unbranched alkanes of at least 4 members (excludes halogenated alkanes) is 38. The molecule has 0 saturated carbocycles. The maximum atomic E-state index is 13.0. The first-order chi connectivity index (χ1) is 39.0. The second kappa shape index (κ2) is 61.5. The molecule has 0 bridgehead atoms. The van der Waals surface area contributed by atoms with Gasteiger partial charge in [-0.2, -0.15) is 0 Å². The van der Waals surface area contributed by atoms with E-state index in [1.807, 2.05) is 21.1 Å². The molecule has 468 valence electrons. The van der Waals surface area contributed by atoms with Gasteiger partial charge >= 0.3 is 0 Å². The lowest BCUT2D eigenvalue weighted by atomic mass is 10.0. The van der Waals surface area contributed by atoms with Gasteiger partial charge in [-0.3, -0.25) is 9.36 Å². The van der Waals surface area contributed by atoms with Gasteiger partial charge in [-0.05, 0) is 64.2 Å². The highest BCUT2D eigenvalue weighted by molar-refractivity contribution is 7.45. The van der Waals surface area contributed by atoms with Gasteiger partial charge in [0.1, 0.15) is 13.2 Å². The van der Waals surface area contributed by atoms with Crippen LogP contribution in [0.25, 0.3) is 0 Å². The van der Waals surface area contributed by atoms with Crippen molar-refractivity contribution in [1.82, 2.24) is 5.32 Å². The largest absolute Gasteiger partial charge is 0.756 e. The fraction of sp³-hybridized carbons (Fsp3) is 0.817. The first-order valence-corrected chi connectivity index (χ1v) is 35.7. The lowest BCUT2D eigenvalue weighted by Gasteiger charge is -2.30. The smallest absolute Gasteiger partial charge is 0.268 e. The van der Waals surface area contributed by atoms with E-state index in [0.29, 0.717) is 23.9 Å². The highest BCUT2D eigenvalue weighted by atomic mass is 31.2. The van der Waals surface area contributed by atoms with E-state index in [-0.39, 0.29) is 19.1 Å². The number of aliphatic hydroxyl groups is 1. The summed E-state index contributed by atoms with van der Waals surface area (Å²) >= 11 is 0. The maximum absolute atomic E-state index is 13.0. The SMILES string of the molecule is CC/C=C\C/C=C\C/C=C\C/C=C\C/C=C\C/C=C\CCCCCCCCCCCCCCCCCCCCCCCCC(=O)NC(COP(=O)([O-])OCC[N+](C)(C)C)C(O)CCCCCCCCCCCCCCCCCCC. The van der Waals surface area contributed by atoms with Crippen LogP contribution in [0.1, 0.15) is 322 Å². The number of quaternary nitrogens is 1. The topological polar surface area (TPSA) is 108 Å². The molecule has 8 nitrogen and oxygen atoms in total. The van der Waals surface area contributed by atoms with Gasteiger partial charge in [0, 0.05) is 6.42 Å². The maximum Gasteiger partial charge on any atom is 0.268 e. The Kier molecular flexibility index (Phi) is 59.9. The van der Waals surface area contributed by atoms with Crippen molar-refractivity contribution in [2.24, 2.45) is 0 Å². The van der Waals surface area contributed by atoms with E-state index >= 15 is 0 Å². The van der Waals surface area contributed by atoms with Crippen molar-refractivity contribution in [3.05, 3.63) is 72.9 Å². The summed E-state index contributed by atoms with van der Waals surface area (Å²) in [5.41, 5.74) is 0. The minimum absolute atomic E-state index is 0.0130. The van der Waals surface area contributed by atoms with E-state index in [1.165, 1.54) is 218 Å². The number of amides is 1. The highest BCUT2D eigenvalue weighted by Crippen LogP contribution is 2.38. The number of phosphoric acid groups is 1. The number of hydrogen-bond acceptors (Lipinski definition) is 6. The molecule has 1 amide bonds. The lowest BCUT2D eigenvalue weighted by Crippen LogP contribution is -2.46. The molecule has 0 saturated heterocycles. The van der Waals surface area contributed by atoms with Gasteiger partial charge in [0.2, 0.25) is 5.91 Å². The van der Waals surface area contributed by atoms with Crippen molar-refractivity contribution in [1.29, 1.82) is 0 Å². The average molecular weight is 1140 g/mol. The molecule has 0 aliphatic rings. The van der Waals surface area contributed by atoms with Gasteiger partial charge in [0.15, 0.2) is 0 Å². The predicted octanol–water partition coefficient (Wildman–Crippen LogP) is 21.1. The highest BCUT2D eigenvalue weighted by Gasteiger charge is 2.24. The lowest BCUT2D eigenvalue weighted by molar-refractivity contribution is -0.870. The molecular weight excluding hydrogens is 1010 g/mol. The zero-order valence-electron chi connectivity index (χ0n) is 53.5. The summed E-state index contributed by atoms with van der Waals surface area (Å²) in [5.74, 6) is -0.160. The Labute approximate surface area is 497 Å². The summed E-state index contributed by atoms with van der Waals surface area (Å²) in [5, 5.41) is 14.1. The number of hydrogen-bond donors (Lipinski definition) is 2. The second-order valence-corrected chi connectivity index (χ2v) is 25.9. The Balaban J connectivity index is 3.90. The second-order valence-electron chi connectivity index (χ2n) is 24.5. The summed E-state index contributed by atoms with van der Waals surface area (Å²) in [7, 11) is 1.32. The van der Waals surface area contributed by atoms with Gasteiger partial charge in [0.25, 0.3) is 7.82 Å². The van der Waals surface area contributed by atoms with E-state index in [9.17, 15) is 19.4 Å². The van der Waals surface area contributed by atoms with E-state index in [4.69, 9.17) is 9.05 Å². The molecule has 0 aromatic heterocycles. The fourth-order valence-corrected chi connectivity index (χ4v) is 10.9. The molecule has 80 heavy (non-hydrogen) atoms. The molecule has 0 radical (unpaired) electrons. The number of rotatable bonds is 63. The van der Waals surface area contributed by atoms with E-state index in [0.717, 1.165) is 77.0 Å². The molecule has 3 unspecified atom stereocenters. The number of carbonyl (C=O) groups excluding carboxylic acids is 1. The number of allylic oxidation sites excluding steroid dienone is 12. The molecule has 0 rings (SSSR count). The standard InChI is InChI=1S/C71H133N2O6P/c1-6-8-10-12-14-16-18-20-22-24-25-26-27-28-29-30-31-32-33-34-35-36-37-38-39-40-41-42-43-44-45-46-47-49-51-53-55-57-59-61-63-65-71(75)72-69(68-79-80(76,77)78-67-66-73(3,4)5)70(74)64-62-60-58-56-54-52-50-48-23-21-19-17-15-13-11-9-7-2/h8,10,14,16,20,22,25-26,28-29,31-32,69-70,74H,6-7,9,11-13,15,17-19,21,23-24,27,30,33-68H2,1-5H3,(H-,72,75,76,77)/b10-8-,16-14-,22-20-,26-25-,29-28-,32-31-. The summed E-state index contributed by atoms with van der Waals surface area (Å²) in [4.78, 5) is 25.6. The number of likely N-dealkylation sites (N-methyl/N-ethyl adjacent to an activating group) is 1. The van der Waals surface area contributed by atoms with Crippen molar-refractivity contribution in [3.63, 3.8) is 0 Å². The van der Waals surface area contributed by atoms with Crippen LogP contribution < -0.4 is 10.2 Å². The third kappa shape index (κ3) is 63.5. The summed E-state index contributed by atoms with van der Waals surface area (Å²) in [6.45, 7) is 4.64. The molecule has 0 aliphatic heterocycles. The molecule has 0 heterocycles. The fourth-order valence-electron chi connectivity index (χ4n) is 10.2. The first-order valence-electron chi connectivity index (χ1n) is 34.3. The average Bonchev–Trinajstić information content (AvgIpc) is 3.42. The number of phosphoric ester groups is 1. The van der Waals surface area contributed by atoms with Crippen LogP contribution >= 0.6 is 7.82 Å². The Morgan fingerprint density at radius 2 is 0.762 bits per heavy atom. The minimum Gasteiger partial charge on any atom is -0.756 e. The Bertz CT molecular complexity index is 1530. The van der Waals surface area contributed by atoms with Crippen molar-refractivity contribution in [3.8, 4) is 0 Å². The van der Waals surface area contributed by atoms with Crippen LogP contribution in [0.3, 0.4) is 0 Å². The van der Waals surface area contributed by atoms with E-state index < -0.39 is 20.0 Å². The van der Waals surface area contributed by atoms with Crippen LogP contribution in [0, 0.1) is 0 Å². The quantitative estimate of drug-likeness (QED) is 0.0272. The van der Waals surface area contributed by atoms with Gasteiger partial charge in [-0.25, -0.2) is 0 Å². The molecule has 0 aliphatic carbocycles. The Morgan fingerprint density at radius 1 is 0.450 bits per heavy atom. The molecule has 9 heteroatoms. The van der Waals surface area contributed by atoms with Crippen LogP contribution in [0.4, 0.5) is 0 Å². The Morgan fingerprint density at radius 3 is 1.11 bits per heavy atom. The van der Waals surface area contributed by atoms with Gasteiger partial charge in [-0.15, -0.1) is 0 Å². The molecule has 3 atom stereocenters. The van der Waals surface area contributed by atoms with Crippen LogP contribution in [0.5, 0.6) is 0 Å². The summed E-state index contributed by atoms with van der Waals surface area (Å²) in [6, 6.07) is -0.801. The van der Waals surface area contributed by atoms with Crippen molar-refractivity contribution < 1.29 is 32.9 Å². The monoisotopic (exact) mass is 1140 g/mol. The first kappa shape index (κ1) is 77.9. The predicted molar refractivity (Wildman–Crippen MR) is 348 cm³/mol. The number of carbonyl (C=O) groups is 1.